The van der Waals surface area contributed by atoms with E-state index in [0.717, 1.165) is 0 Å². The summed E-state index contributed by atoms with van der Waals surface area (Å²) in [6.45, 7) is 1.53. The summed E-state index contributed by atoms with van der Waals surface area (Å²) in [4.78, 5) is 22.7. The minimum absolute atomic E-state index is 0.187. The van der Waals surface area contributed by atoms with Crippen LogP contribution in [0.4, 0.5) is 5.69 Å². The average Bonchev–Trinajstić information content (AvgIpc) is 2.54. The lowest BCUT2D eigenvalue weighted by molar-refractivity contribution is -0.137. The van der Waals surface area contributed by atoms with Crippen LogP contribution in [0.1, 0.15) is 23.7 Å². The lowest BCUT2D eigenvalue weighted by Gasteiger charge is -2.09. The fourth-order valence-electron chi connectivity index (χ4n) is 1.78. The van der Waals surface area contributed by atoms with Crippen LogP contribution < -0.4 is 5.32 Å². The van der Waals surface area contributed by atoms with Crippen molar-refractivity contribution in [3.05, 3.63) is 41.1 Å². The molecule has 0 spiro atoms. The summed E-state index contributed by atoms with van der Waals surface area (Å²) in [6, 6.07) is 10.9. The molecule has 7 nitrogen and oxygen atoms in total. The molecule has 1 rings (SSSR count). The number of carbonyl (C=O) groups excluding carboxylic acids is 1. The van der Waals surface area contributed by atoms with Crippen molar-refractivity contribution >= 4 is 17.4 Å². The third kappa shape index (κ3) is 4.70. The minimum Gasteiger partial charge on any atom is -0.481 e. The van der Waals surface area contributed by atoms with E-state index in [-0.39, 0.29) is 23.5 Å². The number of benzene rings is 1. The lowest BCUT2D eigenvalue weighted by Crippen LogP contribution is -2.15. The van der Waals surface area contributed by atoms with Gasteiger partial charge in [0.25, 0.3) is 0 Å². The molecule has 7 heteroatoms. The largest absolute Gasteiger partial charge is 0.481 e. The van der Waals surface area contributed by atoms with Crippen molar-refractivity contribution in [2.24, 2.45) is 5.92 Å². The van der Waals surface area contributed by atoms with Gasteiger partial charge in [0, 0.05) is 17.2 Å². The van der Waals surface area contributed by atoms with Gasteiger partial charge in [0.2, 0.25) is 0 Å². The number of carboxylic acid groups (broad SMARTS) is 1. The van der Waals surface area contributed by atoms with Gasteiger partial charge in [0.1, 0.15) is 23.9 Å². The molecule has 2 N–H and O–H groups in total. The summed E-state index contributed by atoms with van der Waals surface area (Å²) >= 11 is 0. The maximum atomic E-state index is 12.0. The van der Waals surface area contributed by atoms with Gasteiger partial charge in [-0.15, -0.1) is 0 Å². The Balaban J connectivity index is 2.94. The molecule has 0 aliphatic heterocycles. The molecular weight excluding hydrogens is 296 g/mol. The molecule has 0 fully saturated rings. The van der Waals surface area contributed by atoms with E-state index in [4.69, 9.17) is 20.9 Å². The van der Waals surface area contributed by atoms with Crippen LogP contribution >= 0.6 is 0 Å². The predicted molar refractivity (Wildman–Crippen MR) is 79.7 cm³/mol. The highest BCUT2D eigenvalue weighted by molar-refractivity contribution is 5.99. The van der Waals surface area contributed by atoms with Crippen molar-refractivity contribution in [3.63, 3.8) is 0 Å². The fourth-order valence-corrected chi connectivity index (χ4v) is 1.78. The van der Waals surface area contributed by atoms with Crippen LogP contribution in [0.25, 0.3) is 0 Å². The number of hydrogen-bond donors (Lipinski definition) is 2. The molecule has 1 aromatic rings. The van der Waals surface area contributed by atoms with Crippen LogP contribution in [0.3, 0.4) is 0 Å². The van der Waals surface area contributed by atoms with Crippen molar-refractivity contribution in [1.29, 1.82) is 15.8 Å². The lowest BCUT2D eigenvalue weighted by atomic mass is 9.96. The van der Waals surface area contributed by atoms with Gasteiger partial charge in [-0.2, -0.15) is 15.8 Å². The average molecular weight is 308 g/mol. The van der Waals surface area contributed by atoms with Crippen molar-refractivity contribution in [2.75, 3.05) is 5.32 Å². The van der Waals surface area contributed by atoms with Crippen LogP contribution in [0.5, 0.6) is 0 Å². The number of anilines is 1. The van der Waals surface area contributed by atoms with Crippen LogP contribution in [-0.4, -0.2) is 16.9 Å². The molecule has 1 aromatic carbocycles. The second-order valence-corrected chi connectivity index (χ2v) is 4.65. The molecule has 114 valence electrons. The Labute approximate surface area is 132 Å². The smallest absolute Gasteiger partial charge is 0.304 e. The Morgan fingerprint density at radius 1 is 1.13 bits per heavy atom. The predicted octanol–water partition coefficient (Wildman–Crippen LogP) is 2.22. The standard InChI is InChI=1S/C16H12N4O3/c1-10(6-15(21)22)16(23)11-2-4-13(5-3-11)20-14(9-19)12(7-17)8-18/h2-5,10,20H,6H2,1H3,(H,21,22). The Morgan fingerprint density at radius 3 is 2.13 bits per heavy atom. The van der Waals surface area contributed by atoms with E-state index in [1.807, 2.05) is 0 Å². The zero-order valence-corrected chi connectivity index (χ0v) is 12.2. The van der Waals surface area contributed by atoms with Crippen LogP contribution in [0.15, 0.2) is 35.5 Å². The van der Waals surface area contributed by atoms with Crippen LogP contribution in [0.2, 0.25) is 0 Å². The first kappa shape index (κ1) is 17.4. The van der Waals surface area contributed by atoms with E-state index >= 15 is 0 Å². The number of hydrogen-bond acceptors (Lipinski definition) is 6. The maximum Gasteiger partial charge on any atom is 0.304 e. The Kier molecular flexibility index (Phi) is 6.04. The second kappa shape index (κ2) is 7.97. The Morgan fingerprint density at radius 2 is 1.70 bits per heavy atom. The number of Topliss-reactive ketones (excluding diaryl/α,β-unsaturated/α-hetero) is 1. The summed E-state index contributed by atoms with van der Waals surface area (Å²) in [5.41, 5.74) is 0.232. The molecule has 0 radical (unpaired) electrons. The van der Waals surface area contributed by atoms with Gasteiger partial charge in [-0.3, -0.25) is 9.59 Å². The molecule has 0 aliphatic carbocycles. The first-order valence-electron chi connectivity index (χ1n) is 6.50. The molecule has 0 saturated heterocycles. The van der Waals surface area contributed by atoms with E-state index < -0.39 is 11.9 Å². The molecule has 1 unspecified atom stereocenters. The highest BCUT2D eigenvalue weighted by atomic mass is 16.4. The number of aliphatic carboxylic acids is 1. The van der Waals surface area contributed by atoms with Crippen LogP contribution in [0, 0.1) is 39.9 Å². The number of nitrogens with zero attached hydrogens (tertiary/aromatic N) is 3. The maximum absolute atomic E-state index is 12.0. The van der Waals surface area contributed by atoms with E-state index in [1.54, 1.807) is 18.2 Å². The van der Waals surface area contributed by atoms with E-state index in [9.17, 15) is 9.59 Å². The van der Waals surface area contributed by atoms with Crippen molar-refractivity contribution in [1.82, 2.24) is 0 Å². The van der Waals surface area contributed by atoms with Gasteiger partial charge in [-0.1, -0.05) is 6.92 Å². The third-order valence-electron chi connectivity index (χ3n) is 2.95. The number of nitrogens with one attached hydrogen (secondary N) is 1. The molecular formula is C16H12N4O3. The SMILES string of the molecule is CC(CC(=O)O)C(=O)c1ccc(NC(C#N)=C(C#N)C#N)cc1. The molecule has 0 aromatic heterocycles. The second-order valence-electron chi connectivity index (χ2n) is 4.65. The number of nitriles is 3. The topological polar surface area (TPSA) is 138 Å². The summed E-state index contributed by atoms with van der Waals surface area (Å²) in [5.74, 6) is -2.00. The highest BCUT2D eigenvalue weighted by Crippen LogP contribution is 2.17. The summed E-state index contributed by atoms with van der Waals surface area (Å²) < 4.78 is 0. The van der Waals surface area contributed by atoms with Crippen LogP contribution in [-0.2, 0) is 4.79 Å². The van der Waals surface area contributed by atoms with Gasteiger partial charge in [-0.25, -0.2) is 0 Å². The van der Waals surface area contributed by atoms with E-state index in [1.165, 1.54) is 31.2 Å². The van der Waals surface area contributed by atoms with Gasteiger partial charge in [0.15, 0.2) is 11.4 Å². The minimum atomic E-state index is -1.05. The number of carboxylic acids is 1. The first-order valence-corrected chi connectivity index (χ1v) is 6.50. The Hall–Kier alpha value is -3.63. The molecule has 0 saturated carbocycles. The van der Waals surface area contributed by atoms with Gasteiger partial charge >= 0.3 is 5.97 Å². The third-order valence-corrected chi connectivity index (χ3v) is 2.95. The van der Waals surface area contributed by atoms with Gasteiger partial charge in [0.05, 0.1) is 6.42 Å². The Bertz CT molecular complexity index is 758. The quantitative estimate of drug-likeness (QED) is 0.606. The normalized spacial score (nSPS) is 10.3. The van der Waals surface area contributed by atoms with Gasteiger partial charge < -0.3 is 10.4 Å². The molecule has 23 heavy (non-hydrogen) atoms. The molecule has 0 bridgehead atoms. The van der Waals surface area contributed by atoms with Gasteiger partial charge in [-0.05, 0) is 24.3 Å². The summed E-state index contributed by atoms with van der Waals surface area (Å²) in [5, 5.41) is 37.7. The van der Waals surface area contributed by atoms with E-state index in [2.05, 4.69) is 5.32 Å². The highest BCUT2D eigenvalue weighted by Gasteiger charge is 2.18. The molecule has 0 heterocycles. The summed E-state index contributed by atoms with van der Waals surface area (Å²) in [6.07, 6.45) is -0.256. The van der Waals surface area contributed by atoms with Crippen molar-refractivity contribution in [3.8, 4) is 18.2 Å². The monoisotopic (exact) mass is 308 g/mol. The van der Waals surface area contributed by atoms with Crippen molar-refractivity contribution < 1.29 is 14.7 Å². The molecule has 1 atom stereocenters. The molecule has 0 amide bonds. The fraction of sp³-hybridized carbons (Fsp3) is 0.188. The number of carbonyl (C=O) groups is 2. The zero-order valence-electron chi connectivity index (χ0n) is 12.2. The summed E-state index contributed by atoms with van der Waals surface area (Å²) in [7, 11) is 0. The number of ketones is 1. The van der Waals surface area contributed by atoms with E-state index in [0.29, 0.717) is 11.3 Å². The molecule has 0 aliphatic rings. The number of allylic oxidation sites excluding steroid dienone is 2. The first-order chi connectivity index (χ1) is 10.9. The van der Waals surface area contributed by atoms with Crippen molar-refractivity contribution in [2.45, 2.75) is 13.3 Å². The number of rotatable bonds is 6. The zero-order chi connectivity index (χ0) is 17.4.